The zero-order chi connectivity index (χ0) is 22.6. The Morgan fingerprint density at radius 3 is 2.34 bits per heavy atom. The molecule has 4 rings (SSSR count). The number of anilines is 2. The van der Waals surface area contributed by atoms with E-state index in [9.17, 15) is 8.42 Å². The molecule has 7 nitrogen and oxygen atoms in total. The Hall–Kier alpha value is -2.84. The number of nitrogens with one attached hydrogen (secondary N) is 3. The van der Waals surface area contributed by atoms with Gasteiger partial charge in [0.2, 0.25) is 0 Å². The van der Waals surface area contributed by atoms with Gasteiger partial charge in [0.15, 0.2) is 0 Å². The lowest BCUT2D eigenvalue weighted by atomic mass is 10.0. The summed E-state index contributed by atoms with van der Waals surface area (Å²) in [6.07, 6.45) is 3.17. The summed E-state index contributed by atoms with van der Waals surface area (Å²) in [4.78, 5) is 2.62. The number of hydrogen-bond acceptors (Lipinski definition) is 5. The summed E-state index contributed by atoms with van der Waals surface area (Å²) in [7, 11) is -3.57. The van der Waals surface area contributed by atoms with Gasteiger partial charge in [-0.3, -0.25) is 9.82 Å². The second-order valence-electron chi connectivity index (χ2n) is 8.34. The van der Waals surface area contributed by atoms with Gasteiger partial charge in [0, 0.05) is 36.2 Å². The number of rotatable bonds is 8. The number of aromatic nitrogens is 2. The van der Waals surface area contributed by atoms with E-state index in [0.717, 1.165) is 56.0 Å². The molecular formula is C24H31N5O2S. The molecule has 2 heterocycles. The summed E-state index contributed by atoms with van der Waals surface area (Å²) in [5.41, 5.74) is 5.26. The molecule has 8 heteroatoms. The highest BCUT2D eigenvalue weighted by Gasteiger charge is 2.20. The van der Waals surface area contributed by atoms with Gasteiger partial charge in [-0.1, -0.05) is 18.2 Å². The van der Waals surface area contributed by atoms with Crippen LogP contribution in [0, 0.1) is 13.8 Å². The molecule has 1 aliphatic heterocycles. The Kier molecular flexibility index (Phi) is 6.81. The van der Waals surface area contributed by atoms with Gasteiger partial charge in [-0.15, -0.1) is 0 Å². The van der Waals surface area contributed by atoms with Crippen LogP contribution in [-0.2, 0) is 16.4 Å². The van der Waals surface area contributed by atoms with Crippen molar-refractivity contribution in [3.8, 4) is 0 Å². The number of H-pyrrole nitrogens is 1. The van der Waals surface area contributed by atoms with Gasteiger partial charge in [0.1, 0.15) is 0 Å². The summed E-state index contributed by atoms with van der Waals surface area (Å²) in [6.45, 7) is 7.05. The molecule has 0 spiro atoms. The van der Waals surface area contributed by atoms with E-state index >= 15 is 0 Å². The van der Waals surface area contributed by atoms with Crippen molar-refractivity contribution in [2.45, 2.75) is 44.0 Å². The highest BCUT2D eigenvalue weighted by molar-refractivity contribution is 7.92. The van der Waals surface area contributed by atoms with Gasteiger partial charge in [0.05, 0.1) is 10.6 Å². The fourth-order valence-electron chi connectivity index (χ4n) is 4.24. The third kappa shape index (κ3) is 5.31. The fraction of sp³-hybridized carbons (Fsp3) is 0.375. The number of benzene rings is 2. The fourth-order valence-corrected chi connectivity index (χ4v) is 5.32. The van der Waals surface area contributed by atoms with E-state index in [1.807, 2.05) is 24.3 Å². The maximum atomic E-state index is 12.5. The van der Waals surface area contributed by atoms with Crippen LogP contribution in [0.15, 0.2) is 59.5 Å². The second-order valence-corrected chi connectivity index (χ2v) is 10.0. The van der Waals surface area contributed by atoms with E-state index in [0.29, 0.717) is 11.7 Å². The molecule has 0 saturated carbocycles. The monoisotopic (exact) mass is 453 g/mol. The largest absolute Gasteiger partial charge is 0.371 e. The molecule has 1 fully saturated rings. The molecule has 1 aliphatic rings. The first kappa shape index (κ1) is 22.4. The van der Waals surface area contributed by atoms with Gasteiger partial charge in [-0.05, 0) is 81.6 Å². The van der Waals surface area contributed by atoms with Crippen LogP contribution in [0.25, 0.3) is 0 Å². The van der Waals surface area contributed by atoms with Crippen LogP contribution in [0.2, 0.25) is 0 Å². The summed E-state index contributed by atoms with van der Waals surface area (Å²) in [5, 5.41) is 11.0. The van der Waals surface area contributed by atoms with Crippen molar-refractivity contribution in [3.05, 3.63) is 71.5 Å². The van der Waals surface area contributed by atoms with E-state index in [1.54, 1.807) is 30.3 Å². The lowest BCUT2D eigenvalue weighted by Crippen LogP contribution is -2.43. The molecule has 0 radical (unpaired) electrons. The zero-order valence-electron chi connectivity index (χ0n) is 18.6. The average molecular weight is 454 g/mol. The Bertz CT molecular complexity index is 1100. The predicted octanol–water partition coefficient (Wildman–Crippen LogP) is 3.63. The Balaban J connectivity index is 1.26. The van der Waals surface area contributed by atoms with Crippen LogP contribution < -0.4 is 14.9 Å². The van der Waals surface area contributed by atoms with Crippen molar-refractivity contribution in [2.24, 2.45) is 0 Å². The average Bonchev–Trinajstić information content (AvgIpc) is 3.13. The molecule has 3 N–H and O–H groups in total. The maximum absolute atomic E-state index is 12.5. The van der Waals surface area contributed by atoms with Crippen LogP contribution in [0.5, 0.6) is 0 Å². The van der Waals surface area contributed by atoms with Crippen LogP contribution in [0.4, 0.5) is 11.4 Å². The third-order valence-corrected chi connectivity index (χ3v) is 7.52. The molecule has 2 aromatic carbocycles. The minimum Gasteiger partial charge on any atom is -0.371 e. The van der Waals surface area contributed by atoms with E-state index in [4.69, 9.17) is 0 Å². The highest BCUT2D eigenvalue weighted by atomic mass is 32.2. The molecule has 0 amide bonds. The van der Waals surface area contributed by atoms with Crippen molar-refractivity contribution in [1.29, 1.82) is 0 Å². The van der Waals surface area contributed by atoms with Crippen LogP contribution in [-0.4, -0.2) is 44.3 Å². The standard InChI is InChI=1S/C24H31N5O2S/c1-18-24(19(2)27-26-18)12-15-25-20-13-16-29(17-14-20)22-10-8-21(9-11-22)28-32(30,31)23-6-4-3-5-7-23/h3-11,20,25,28H,12-17H2,1-2H3,(H,26,27). The third-order valence-electron chi connectivity index (χ3n) is 6.12. The molecule has 0 unspecified atom stereocenters. The Morgan fingerprint density at radius 1 is 1.03 bits per heavy atom. The number of nitrogens with zero attached hydrogens (tertiary/aromatic N) is 2. The Labute approximate surface area is 190 Å². The lowest BCUT2D eigenvalue weighted by molar-refractivity contribution is 0.417. The molecule has 1 saturated heterocycles. The van der Waals surface area contributed by atoms with Crippen LogP contribution in [0.1, 0.15) is 29.8 Å². The van der Waals surface area contributed by atoms with Gasteiger partial charge in [0.25, 0.3) is 10.0 Å². The normalized spacial score (nSPS) is 15.1. The van der Waals surface area contributed by atoms with E-state index in [2.05, 4.69) is 39.0 Å². The van der Waals surface area contributed by atoms with Crippen molar-refractivity contribution in [3.63, 3.8) is 0 Å². The first-order chi connectivity index (χ1) is 15.4. The maximum Gasteiger partial charge on any atom is 0.261 e. The quantitative estimate of drug-likeness (QED) is 0.485. The minimum atomic E-state index is -3.57. The van der Waals surface area contributed by atoms with Gasteiger partial charge >= 0.3 is 0 Å². The van der Waals surface area contributed by atoms with E-state index in [1.165, 1.54) is 5.56 Å². The molecule has 1 aromatic heterocycles. The molecule has 3 aromatic rings. The number of hydrogen-bond donors (Lipinski definition) is 3. The molecule has 32 heavy (non-hydrogen) atoms. The van der Waals surface area contributed by atoms with Crippen molar-refractivity contribution in [2.75, 3.05) is 29.3 Å². The minimum absolute atomic E-state index is 0.261. The first-order valence-corrected chi connectivity index (χ1v) is 12.6. The summed E-state index contributed by atoms with van der Waals surface area (Å²) >= 11 is 0. The van der Waals surface area contributed by atoms with Crippen LogP contribution >= 0.6 is 0 Å². The number of piperidine rings is 1. The first-order valence-electron chi connectivity index (χ1n) is 11.1. The topological polar surface area (TPSA) is 90.1 Å². The summed E-state index contributed by atoms with van der Waals surface area (Å²) in [6, 6.07) is 16.6. The van der Waals surface area contributed by atoms with Crippen LogP contribution in [0.3, 0.4) is 0 Å². The summed E-state index contributed by atoms with van der Waals surface area (Å²) < 4.78 is 27.6. The van der Waals surface area contributed by atoms with Gasteiger partial charge in [-0.25, -0.2) is 8.42 Å². The van der Waals surface area contributed by atoms with E-state index < -0.39 is 10.0 Å². The smallest absolute Gasteiger partial charge is 0.261 e. The van der Waals surface area contributed by atoms with Gasteiger partial charge in [-0.2, -0.15) is 5.10 Å². The molecule has 0 bridgehead atoms. The SMILES string of the molecule is Cc1n[nH]c(C)c1CCNC1CCN(c2ccc(NS(=O)(=O)c3ccccc3)cc2)CC1. The molecule has 170 valence electrons. The van der Waals surface area contributed by atoms with Crippen molar-refractivity contribution < 1.29 is 8.42 Å². The predicted molar refractivity (Wildman–Crippen MR) is 129 cm³/mol. The molecular weight excluding hydrogens is 422 g/mol. The zero-order valence-corrected chi connectivity index (χ0v) is 19.5. The summed E-state index contributed by atoms with van der Waals surface area (Å²) in [5.74, 6) is 0. The lowest BCUT2D eigenvalue weighted by Gasteiger charge is -2.34. The van der Waals surface area contributed by atoms with Gasteiger partial charge < -0.3 is 10.2 Å². The van der Waals surface area contributed by atoms with Crippen molar-refractivity contribution in [1.82, 2.24) is 15.5 Å². The van der Waals surface area contributed by atoms with E-state index in [-0.39, 0.29) is 4.90 Å². The second kappa shape index (κ2) is 9.75. The molecule has 0 aliphatic carbocycles. The molecule has 0 atom stereocenters. The number of aromatic amines is 1. The highest BCUT2D eigenvalue weighted by Crippen LogP contribution is 2.23. The number of sulfonamides is 1. The number of aryl methyl sites for hydroxylation is 2. The van der Waals surface area contributed by atoms with Crippen molar-refractivity contribution >= 4 is 21.4 Å². The Morgan fingerprint density at radius 2 is 1.72 bits per heavy atom.